The first kappa shape index (κ1) is 12.5. The van der Waals surface area contributed by atoms with E-state index in [4.69, 9.17) is 5.11 Å². The lowest BCUT2D eigenvalue weighted by Crippen LogP contribution is -2.31. The molecule has 1 aliphatic rings. The van der Waals surface area contributed by atoms with Gasteiger partial charge in [0, 0.05) is 18.4 Å². The first-order valence-corrected chi connectivity index (χ1v) is 6.85. The van der Waals surface area contributed by atoms with E-state index in [1.165, 1.54) is 31.0 Å². The van der Waals surface area contributed by atoms with E-state index < -0.39 is 5.97 Å². The number of aliphatic carboxylic acids is 1. The molecule has 1 aromatic rings. The van der Waals surface area contributed by atoms with Gasteiger partial charge in [-0.05, 0) is 25.2 Å². The number of carbonyl (C=O) groups is 1. The number of imidazole rings is 1. The lowest BCUT2D eigenvalue weighted by atomic mass is 9.70. The summed E-state index contributed by atoms with van der Waals surface area (Å²) in [6.07, 6.45) is 5.65. The molecule has 1 heterocycles. The van der Waals surface area contributed by atoms with Crippen molar-refractivity contribution in [1.29, 1.82) is 0 Å². The van der Waals surface area contributed by atoms with Crippen LogP contribution < -0.4 is 0 Å². The van der Waals surface area contributed by atoms with E-state index in [9.17, 15) is 4.79 Å². The Bertz CT molecular complexity index is 424. The van der Waals surface area contributed by atoms with Crippen molar-refractivity contribution in [1.82, 2.24) is 9.55 Å². The summed E-state index contributed by atoms with van der Waals surface area (Å²) in [6.45, 7) is 5.28. The highest BCUT2D eigenvalue weighted by Gasteiger charge is 2.33. The third-order valence-corrected chi connectivity index (χ3v) is 4.42. The SMILES string of the molecule is Cc1cnc(SCC(=O)O)n1CC1(C)CCC1. The molecular weight excluding hydrogens is 236 g/mol. The van der Waals surface area contributed by atoms with Gasteiger partial charge in [-0.3, -0.25) is 4.79 Å². The number of carboxylic acid groups (broad SMARTS) is 1. The summed E-state index contributed by atoms with van der Waals surface area (Å²) in [5.74, 6) is -0.718. The van der Waals surface area contributed by atoms with Crippen LogP contribution in [0.2, 0.25) is 0 Å². The van der Waals surface area contributed by atoms with Crippen molar-refractivity contribution in [3.8, 4) is 0 Å². The molecule has 0 radical (unpaired) electrons. The van der Waals surface area contributed by atoms with Crippen LogP contribution in [0, 0.1) is 12.3 Å². The minimum atomic E-state index is -0.794. The Balaban J connectivity index is 2.08. The quantitative estimate of drug-likeness (QED) is 0.820. The standard InChI is InChI=1S/C12H18N2O2S/c1-9-6-13-11(17-7-10(15)16)14(9)8-12(2)4-3-5-12/h6H,3-5,7-8H2,1-2H3,(H,15,16). The van der Waals surface area contributed by atoms with Gasteiger partial charge in [0.2, 0.25) is 0 Å². The maximum absolute atomic E-state index is 10.6. The number of hydrogen-bond acceptors (Lipinski definition) is 3. The average molecular weight is 254 g/mol. The van der Waals surface area contributed by atoms with E-state index >= 15 is 0 Å². The van der Waals surface area contributed by atoms with Crippen LogP contribution in [0.15, 0.2) is 11.4 Å². The van der Waals surface area contributed by atoms with Crippen LogP contribution in [0.3, 0.4) is 0 Å². The second-order valence-corrected chi connectivity index (χ2v) is 6.06. The molecule has 1 saturated carbocycles. The van der Waals surface area contributed by atoms with Crippen molar-refractivity contribution >= 4 is 17.7 Å². The first-order valence-electron chi connectivity index (χ1n) is 5.87. The smallest absolute Gasteiger partial charge is 0.313 e. The highest BCUT2D eigenvalue weighted by Crippen LogP contribution is 2.42. The largest absolute Gasteiger partial charge is 0.481 e. The van der Waals surface area contributed by atoms with E-state index in [-0.39, 0.29) is 5.75 Å². The number of rotatable bonds is 5. The van der Waals surface area contributed by atoms with Gasteiger partial charge in [-0.1, -0.05) is 25.1 Å². The minimum Gasteiger partial charge on any atom is -0.481 e. The molecule has 0 aromatic carbocycles. The Labute approximate surface area is 105 Å². The highest BCUT2D eigenvalue weighted by molar-refractivity contribution is 7.99. The van der Waals surface area contributed by atoms with Crippen LogP contribution in [0.5, 0.6) is 0 Å². The summed E-state index contributed by atoms with van der Waals surface area (Å²) in [7, 11) is 0. The molecule has 1 fully saturated rings. The molecular formula is C12H18N2O2S. The topological polar surface area (TPSA) is 55.1 Å². The number of aromatic nitrogens is 2. The summed E-state index contributed by atoms with van der Waals surface area (Å²) >= 11 is 1.30. The van der Waals surface area contributed by atoms with Gasteiger partial charge in [-0.15, -0.1) is 0 Å². The molecule has 0 spiro atoms. The molecule has 4 nitrogen and oxygen atoms in total. The Morgan fingerprint density at radius 2 is 2.35 bits per heavy atom. The van der Waals surface area contributed by atoms with Crippen molar-refractivity contribution in [2.45, 2.75) is 44.8 Å². The van der Waals surface area contributed by atoms with E-state index in [1.54, 1.807) is 0 Å². The molecule has 0 amide bonds. The average Bonchev–Trinajstić information content (AvgIpc) is 2.55. The normalized spacial score (nSPS) is 17.8. The maximum atomic E-state index is 10.6. The van der Waals surface area contributed by atoms with Gasteiger partial charge >= 0.3 is 5.97 Å². The fourth-order valence-corrected chi connectivity index (χ4v) is 2.94. The summed E-state index contributed by atoms with van der Waals surface area (Å²) in [5.41, 5.74) is 1.50. The third-order valence-electron chi connectivity index (χ3n) is 3.44. The molecule has 0 bridgehead atoms. The minimum absolute atomic E-state index is 0.0766. The molecule has 0 aliphatic heterocycles. The molecule has 0 saturated heterocycles. The van der Waals surface area contributed by atoms with Gasteiger partial charge in [0.05, 0.1) is 5.75 Å². The molecule has 0 atom stereocenters. The Morgan fingerprint density at radius 1 is 1.65 bits per heavy atom. The second kappa shape index (κ2) is 4.72. The van der Waals surface area contributed by atoms with Crippen LogP contribution in [0.4, 0.5) is 0 Å². The summed E-state index contributed by atoms with van der Waals surface area (Å²) in [5, 5.41) is 9.54. The van der Waals surface area contributed by atoms with E-state index in [1.807, 2.05) is 13.1 Å². The van der Waals surface area contributed by atoms with E-state index in [0.717, 1.165) is 17.4 Å². The predicted octanol–water partition coefficient (Wildman–Crippen LogP) is 2.56. The first-order chi connectivity index (χ1) is 8.00. The number of aryl methyl sites for hydroxylation is 1. The molecule has 1 aromatic heterocycles. The molecule has 17 heavy (non-hydrogen) atoms. The zero-order valence-corrected chi connectivity index (χ0v) is 11.1. The van der Waals surface area contributed by atoms with Gasteiger partial charge in [0.1, 0.15) is 0 Å². The molecule has 2 rings (SSSR count). The zero-order valence-electron chi connectivity index (χ0n) is 10.3. The van der Waals surface area contributed by atoms with Crippen molar-refractivity contribution < 1.29 is 9.90 Å². The summed E-state index contributed by atoms with van der Waals surface area (Å²) in [4.78, 5) is 14.9. The molecule has 0 unspecified atom stereocenters. The predicted molar refractivity (Wildman–Crippen MR) is 67.3 cm³/mol. The van der Waals surface area contributed by atoms with Crippen LogP contribution >= 0.6 is 11.8 Å². The van der Waals surface area contributed by atoms with Crippen LogP contribution in [0.1, 0.15) is 31.9 Å². The van der Waals surface area contributed by atoms with Crippen LogP contribution in [-0.4, -0.2) is 26.4 Å². The fourth-order valence-electron chi connectivity index (χ4n) is 2.19. The van der Waals surface area contributed by atoms with Crippen molar-refractivity contribution in [2.24, 2.45) is 5.41 Å². The maximum Gasteiger partial charge on any atom is 0.313 e. The third kappa shape index (κ3) is 2.83. The van der Waals surface area contributed by atoms with Crippen molar-refractivity contribution in [2.75, 3.05) is 5.75 Å². The van der Waals surface area contributed by atoms with Crippen LogP contribution in [0.25, 0.3) is 0 Å². The van der Waals surface area contributed by atoms with Gasteiger partial charge in [0.25, 0.3) is 0 Å². The monoisotopic (exact) mass is 254 g/mol. The van der Waals surface area contributed by atoms with Gasteiger partial charge in [0.15, 0.2) is 5.16 Å². The Morgan fingerprint density at radius 3 is 2.88 bits per heavy atom. The van der Waals surface area contributed by atoms with Crippen molar-refractivity contribution in [3.05, 3.63) is 11.9 Å². The number of thioether (sulfide) groups is 1. The number of nitrogens with zero attached hydrogens (tertiary/aromatic N) is 2. The summed E-state index contributed by atoms with van der Waals surface area (Å²) in [6, 6.07) is 0. The highest BCUT2D eigenvalue weighted by atomic mass is 32.2. The fraction of sp³-hybridized carbons (Fsp3) is 0.667. The number of hydrogen-bond donors (Lipinski definition) is 1. The second-order valence-electron chi connectivity index (χ2n) is 5.11. The Kier molecular flexibility index (Phi) is 3.47. The van der Waals surface area contributed by atoms with Gasteiger partial charge in [-0.25, -0.2) is 4.98 Å². The Hall–Kier alpha value is -0.970. The molecule has 1 aliphatic carbocycles. The van der Waals surface area contributed by atoms with E-state index in [0.29, 0.717) is 5.41 Å². The van der Waals surface area contributed by atoms with Crippen LogP contribution in [-0.2, 0) is 11.3 Å². The lowest BCUT2D eigenvalue weighted by molar-refractivity contribution is -0.133. The lowest BCUT2D eigenvalue weighted by Gasteiger charge is -2.39. The van der Waals surface area contributed by atoms with Gasteiger partial charge < -0.3 is 9.67 Å². The van der Waals surface area contributed by atoms with Crippen molar-refractivity contribution in [3.63, 3.8) is 0 Å². The van der Waals surface area contributed by atoms with E-state index in [2.05, 4.69) is 16.5 Å². The molecule has 94 valence electrons. The summed E-state index contributed by atoms with van der Waals surface area (Å²) < 4.78 is 2.16. The van der Waals surface area contributed by atoms with Gasteiger partial charge in [-0.2, -0.15) is 0 Å². The molecule has 1 N–H and O–H groups in total. The molecule has 5 heteroatoms. The zero-order chi connectivity index (χ0) is 12.5. The number of carboxylic acids is 1.